The summed E-state index contributed by atoms with van der Waals surface area (Å²) in [7, 11) is 0. The van der Waals surface area contributed by atoms with E-state index in [0.29, 0.717) is 5.69 Å². The molecule has 0 bridgehead atoms. The van der Waals surface area contributed by atoms with Crippen LogP contribution in [0.25, 0.3) is 70.9 Å². The highest BCUT2D eigenvalue weighted by molar-refractivity contribution is 6.34. The summed E-state index contributed by atoms with van der Waals surface area (Å²) in [6.07, 6.45) is 3.88. The van der Waals surface area contributed by atoms with Crippen LogP contribution in [-0.4, -0.2) is 9.55 Å². The SMILES string of the molecule is Cc1ccccc1N(c1ccc(-c2ccc3ccc4c5c(ccc2c35)cc2c4c3cnccc3n2-c2ccccc2)cc1)c1ccccc1F. The third kappa shape index (κ3) is 4.18. The van der Waals surface area contributed by atoms with Gasteiger partial charge in [0.2, 0.25) is 0 Å². The lowest BCUT2D eigenvalue weighted by atomic mass is 9.88. The first kappa shape index (κ1) is 28.5. The molecule has 0 atom stereocenters. The molecule has 0 spiro atoms. The van der Waals surface area contributed by atoms with Crippen molar-refractivity contribution in [3.8, 4) is 16.8 Å². The maximum absolute atomic E-state index is 15.3. The molecular formula is C46H30FN3. The Morgan fingerprint density at radius 3 is 2.08 bits per heavy atom. The van der Waals surface area contributed by atoms with Gasteiger partial charge >= 0.3 is 0 Å². The van der Waals surface area contributed by atoms with E-state index in [2.05, 4.69) is 126 Å². The minimum absolute atomic E-state index is 0.261. The Morgan fingerprint density at radius 1 is 0.560 bits per heavy atom. The van der Waals surface area contributed by atoms with Crippen LogP contribution in [0.15, 0.2) is 164 Å². The molecule has 0 unspecified atom stereocenters. The number of hydrogen-bond acceptors (Lipinski definition) is 2. The number of aryl methyl sites for hydroxylation is 1. The van der Waals surface area contributed by atoms with Crippen molar-refractivity contribution >= 4 is 71.2 Å². The highest BCUT2D eigenvalue weighted by Gasteiger charge is 2.21. The van der Waals surface area contributed by atoms with Gasteiger partial charge in [0.15, 0.2) is 0 Å². The van der Waals surface area contributed by atoms with Gasteiger partial charge in [-0.05, 0) is 111 Å². The summed E-state index contributed by atoms with van der Waals surface area (Å²) < 4.78 is 17.6. The van der Waals surface area contributed by atoms with E-state index in [1.807, 2.05) is 47.6 Å². The zero-order valence-electron chi connectivity index (χ0n) is 27.3. The average Bonchev–Trinajstić information content (AvgIpc) is 3.50. The van der Waals surface area contributed by atoms with Crippen LogP contribution >= 0.6 is 0 Å². The molecule has 2 aromatic heterocycles. The fraction of sp³-hybridized carbons (Fsp3) is 0.0217. The lowest BCUT2D eigenvalue weighted by Gasteiger charge is -2.27. The van der Waals surface area contributed by atoms with Gasteiger partial charge in [0.25, 0.3) is 0 Å². The third-order valence-corrected chi connectivity index (χ3v) is 10.2. The first-order chi connectivity index (χ1) is 24.7. The number of nitrogens with zero attached hydrogens (tertiary/aromatic N) is 3. The smallest absolute Gasteiger partial charge is 0.147 e. The lowest BCUT2D eigenvalue weighted by Crippen LogP contribution is -2.12. The Hall–Kier alpha value is -6.52. The molecule has 236 valence electrons. The van der Waals surface area contributed by atoms with Crippen LogP contribution in [0.4, 0.5) is 21.5 Å². The summed E-state index contributed by atoms with van der Waals surface area (Å²) >= 11 is 0. The molecule has 0 amide bonds. The van der Waals surface area contributed by atoms with Crippen molar-refractivity contribution in [1.29, 1.82) is 0 Å². The number of para-hydroxylation sites is 3. The molecule has 0 aliphatic heterocycles. The Balaban J connectivity index is 1.17. The topological polar surface area (TPSA) is 21.1 Å². The molecule has 2 heterocycles. The van der Waals surface area contributed by atoms with Crippen molar-refractivity contribution in [1.82, 2.24) is 9.55 Å². The van der Waals surface area contributed by atoms with Crippen molar-refractivity contribution in [3.05, 3.63) is 175 Å². The second kappa shape index (κ2) is 11.0. The van der Waals surface area contributed by atoms with Crippen LogP contribution in [0, 0.1) is 12.7 Å². The van der Waals surface area contributed by atoms with Crippen molar-refractivity contribution in [3.63, 3.8) is 0 Å². The standard InChI is InChI=1S/C46H30FN3/c1-29-9-5-7-13-40(29)49(42-14-8-6-12-39(42)47)34-20-15-30(16-21-34)35-22-17-31-18-24-37-45-32(19-23-36(35)44(31)45)27-43-46(37)38-28-48-26-25-41(38)50(43)33-10-3-2-4-11-33/h2-28H,1H3. The van der Waals surface area contributed by atoms with Gasteiger partial charge in [-0.3, -0.25) is 4.98 Å². The van der Waals surface area contributed by atoms with Gasteiger partial charge in [-0.1, -0.05) is 97.1 Å². The van der Waals surface area contributed by atoms with Crippen LogP contribution in [0.5, 0.6) is 0 Å². The average molecular weight is 644 g/mol. The molecule has 0 radical (unpaired) electrons. The van der Waals surface area contributed by atoms with E-state index in [0.717, 1.165) is 39.1 Å². The predicted octanol–water partition coefficient (Wildman–Crippen LogP) is 12.7. The minimum atomic E-state index is -0.261. The van der Waals surface area contributed by atoms with Gasteiger partial charge in [-0.25, -0.2) is 4.39 Å². The maximum atomic E-state index is 15.3. The van der Waals surface area contributed by atoms with Crippen LogP contribution in [0.2, 0.25) is 0 Å². The van der Waals surface area contributed by atoms with E-state index in [9.17, 15) is 0 Å². The quantitative estimate of drug-likeness (QED) is 0.174. The molecule has 0 fully saturated rings. The van der Waals surface area contributed by atoms with Crippen LogP contribution in [0.1, 0.15) is 5.56 Å². The van der Waals surface area contributed by atoms with Gasteiger partial charge in [-0.2, -0.15) is 0 Å². The number of rotatable bonds is 5. The van der Waals surface area contributed by atoms with E-state index in [4.69, 9.17) is 0 Å². The highest BCUT2D eigenvalue weighted by Crippen LogP contribution is 2.45. The summed E-state index contributed by atoms with van der Waals surface area (Å²) in [6, 6.07) is 52.2. The van der Waals surface area contributed by atoms with Gasteiger partial charge in [0, 0.05) is 40.2 Å². The number of hydrogen-bond donors (Lipinski definition) is 0. The third-order valence-electron chi connectivity index (χ3n) is 10.2. The predicted molar refractivity (Wildman–Crippen MR) is 207 cm³/mol. The van der Waals surface area contributed by atoms with Crippen LogP contribution < -0.4 is 4.90 Å². The molecule has 50 heavy (non-hydrogen) atoms. The summed E-state index contributed by atoms with van der Waals surface area (Å²) in [5.41, 5.74) is 9.17. The lowest BCUT2D eigenvalue weighted by molar-refractivity contribution is 0.629. The Labute approximate surface area is 288 Å². The number of halogens is 1. The van der Waals surface area contributed by atoms with E-state index in [1.54, 1.807) is 6.07 Å². The summed E-state index contributed by atoms with van der Waals surface area (Å²) in [4.78, 5) is 6.57. The normalized spacial score (nSPS) is 11.8. The summed E-state index contributed by atoms with van der Waals surface area (Å²) in [5, 5.41) is 9.77. The molecular weight excluding hydrogens is 614 g/mol. The number of aromatic nitrogens is 2. The van der Waals surface area contributed by atoms with Gasteiger partial charge in [-0.15, -0.1) is 0 Å². The monoisotopic (exact) mass is 643 g/mol. The van der Waals surface area contributed by atoms with Crippen LogP contribution in [-0.2, 0) is 0 Å². The van der Waals surface area contributed by atoms with E-state index in [1.165, 1.54) is 54.9 Å². The Bertz CT molecular complexity index is 2840. The molecule has 0 saturated heterocycles. The maximum Gasteiger partial charge on any atom is 0.147 e. The van der Waals surface area contributed by atoms with Gasteiger partial charge < -0.3 is 9.47 Å². The van der Waals surface area contributed by atoms with Crippen molar-refractivity contribution in [2.45, 2.75) is 6.92 Å². The van der Waals surface area contributed by atoms with E-state index in [-0.39, 0.29) is 5.82 Å². The molecule has 0 aliphatic rings. The van der Waals surface area contributed by atoms with Gasteiger partial charge in [0.1, 0.15) is 5.82 Å². The largest absolute Gasteiger partial charge is 0.309 e. The summed E-state index contributed by atoms with van der Waals surface area (Å²) in [5.74, 6) is -0.261. The molecule has 8 aromatic carbocycles. The minimum Gasteiger partial charge on any atom is -0.309 e. The molecule has 0 saturated carbocycles. The second-order valence-electron chi connectivity index (χ2n) is 13.0. The van der Waals surface area contributed by atoms with Crippen molar-refractivity contribution < 1.29 is 4.39 Å². The fourth-order valence-electron chi connectivity index (χ4n) is 7.98. The molecule has 0 aliphatic carbocycles. The first-order valence-electron chi connectivity index (χ1n) is 16.9. The number of fused-ring (bicyclic) bond motifs is 4. The first-order valence-corrected chi connectivity index (χ1v) is 16.9. The van der Waals surface area contributed by atoms with E-state index < -0.39 is 0 Å². The zero-order valence-corrected chi connectivity index (χ0v) is 27.3. The van der Waals surface area contributed by atoms with E-state index >= 15 is 4.39 Å². The van der Waals surface area contributed by atoms with Crippen LogP contribution in [0.3, 0.4) is 0 Å². The number of benzene rings is 8. The fourth-order valence-corrected chi connectivity index (χ4v) is 7.98. The molecule has 0 N–H and O–H groups in total. The molecule has 10 aromatic rings. The van der Waals surface area contributed by atoms with Crippen molar-refractivity contribution in [2.24, 2.45) is 0 Å². The summed E-state index contributed by atoms with van der Waals surface area (Å²) in [6.45, 7) is 2.06. The van der Waals surface area contributed by atoms with Gasteiger partial charge in [0.05, 0.1) is 16.7 Å². The van der Waals surface area contributed by atoms with Crippen molar-refractivity contribution in [2.75, 3.05) is 4.90 Å². The highest BCUT2D eigenvalue weighted by atomic mass is 19.1. The Kier molecular flexibility index (Phi) is 6.27. The molecule has 4 heteroatoms. The zero-order chi connectivity index (χ0) is 33.3. The number of anilines is 3. The number of pyridine rings is 1. The molecule has 3 nitrogen and oxygen atoms in total. The Morgan fingerprint density at radius 2 is 1.26 bits per heavy atom. The molecule has 10 rings (SSSR count). The second-order valence-corrected chi connectivity index (χ2v) is 13.0.